The van der Waals surface area contributed by atoms with Crippen molar-refractivity contribution in [3.8, 4) is 0 Å². The van der Waals surface area contributed by atoms with Gasteiger partial charge in [0.2, 0.25) is 11.6 Å². The maximum atomic E-state index is 13.1. The van der Waals surface area contributed by atoms with Crippen molar-refractivity contribution >= 4 is 23.3 Å². The van der Waals surface area contributed by atoms with Crippen LogP contribution in [0.5, 0.6) is 0 Å². The molecule has 0 spiro atoms. The zero-order valence-electron chi connectivity index (χ0n) is 13.8. The van der Waals surface area contributed by atoms with Gasteiger partial charge in [0.25, 0.3) is 0 Å². The lowest BCUT2D eigenvalue weighted by atomic mass is 9.92. The molecular formula is C20H19NO2S. The number of fused-ring (bicyclic) bond motifs is 1. The van der Waals surface area contributed by atoms with Crippen LogP contribution >= 0.6 is 11.8 Å². The number of ketones is 2. The van der Waals surface area contributed by atoms with Gasteiger partial charge >= 0.3 is 0 Å². The van der Waals surface area contributed by atoms with Crippen LogP contribution in [0.3, 0.4) is 0 Å². The number of rotatable bonds is 5. The SMILES string of the molecule is CCN(CC)C1=C(Sc2ccccc2)C(=O)c2ccccc2C1=O. The fourth-order valence-corrected chi connectivity index (χ4v) is 3.92. The van der Waals surface area contributed by atoms with Gasteiger partial charge in [-0.25, -0.2) is 0 Å². The van der Waals surface area contributed by atoms with Crippen LogP contribution in [0, 0.1) is 0 Å². The van der Waals surface area contributed by atoms with E-state index in [1.807, 2.05) is 49.1 Å². The molecule has 0 fully saturated rings. The zero-order valence-corrected chi connectivity index (χ0v) is 14.6. The fraction of sp³-hybridized carbons (Fsp3) is 0.200. The lowest BCUT2D eigenvalue weighted by molar-refractivity contribution is 0.0950. The van der Waals surface area contributed by atoms with Gasteiger partial charge in [-0.1, -0.05) is 54.2 Å². The molecule has 1 aliphatic rings. The molecule has 0 unspecified atom stereocenters. The van der Waals surface area contributed by atoms with Crippen molar-refractivity contribution < 1.29 is 9.59 Å². The molecule has 3 rings (SSSR count). The molecule has 0 heterocycles. The number of allylic oxidation sites excluding steroid dienone is 2. The summed E-state index contributed by atoms with van der Waals surface area (Å²) in [7, 11) is 0. The summed E-state index contributed by atoms with van der Waals surface area (Å²) < 4.78 is 0. The molecule has 122 valence electrons. The third-order valence-corrected chi connectivity index (χ3v) is 5.19. The Morgan fingerprint density at radius 1 is 0.792 bits per heavy atom. The first kappa shape index (κ1) is 16.5. The first-order valence-corrected chi connectivity index (χ1v) is 8.89. The van der Waals surface area contributed by atoms with Gasteiger partial charge in [-0.05, 0) is 26.0 Å². The molecule has 1 aliphatic carbocycles. The summed E-state index contributed by atoms with van der Waals surface area (Å²) in [5.41, 5.74) is 1.52. The van der Waals surface area contributed by atoms with Crippen LogP contribution in [0.15, 0.2) is 70.1 Å². The lowest BCUT2D eigenvalue weighted by Crippen LogP contribution is -2.33. The van der Waals surface area contributed by atoms with Crippen molar-refractivity contribution in [1.29, 1.82) is 0 Å². The van der Waals surface area contributed by atoms with E-state index in [1.54, 1.807) is 24.3 Å². The van der Waals surface area contributed by atoms with Gasteiger partial charge < -0.3 is 4.90 Å². The van der Waals surface area contributed by atoms with Crippen LogP contribution in [0.4, 0.5) is 0 Å². The molecule has 24 heavy (non-hydrogen) atoms. The van der Waals surface area contributed by atoms with Crippen molar-refractivity contribution in [2.75, 3.05) is 13.1 Å². The first-order chi connectivity index (χ1) is 11.7. The maximum absolute atomic E-state index is 13.1. The number of thioether (sulfide) groups is 1. The standard InChI is InChI=1S/C20H19NO2S/c1-3-21(4-2)17-18(22)15-12-8-9-13-16(15)19(23)20(17)24-14-10-6-5-7-11-14/h5-13H,3-4H2,1-2H3. The molecule has 4 heteroatoms. The Kier molecular flexibility index (Phi) is 4.86. The van der Waals surface area contributed by atoms with E-state index in [0.29, 0.717) is 34.8 Å². The number of carbonyl (C=O) groups is 2. The molecule has 0 amide bonds. The minimum Gasteiger partial charge on any atom is -0.368 e. The normalized spacial score (nSPS) is 13.9. The highest BCUT2D eigenvalue weighted by molar-refractivity contribution is 8.04. The third-order valence-electron chi connectivity index (χ3n) is 4.10. The second-order valence-electron chi connectivity index (χ2n) is 5.47. The number of likely N-dealkylation sites (N-methyl/N-ethyl adjacent to an activating group) is 1. The number of benzene rings is 2. The van der Waals surface area contributed by atoms with Crippen LogP contribution in [0.2, 0.25) is 0 Å². The van der Waals surface area contributed by atoms with E-state index in [0.717, 1.165) is 4.90 Å². The minimum atomic E-state index is -0.0686. The molecule has 0 atom stereocenters. The number of hydrogen-bond donors (Lipinski definition) is 0. The molecular weight excluding hydrogens is 318 g/mol. The summed E-state index contributed by atoms with van der Waals surface area (Å²) in [6.07, 6.45) is 0. The van der Waals surface area contributed by atoms with Crippen molar-refractivity contribution in [2.45, 2.75) is 18.7 Å². The molecule has 0 aliphatic heterocycles. The number of nitrogens with zero attached hydrogens (tertiary/aromatic N) is 1. The van der Waals surface area contributed by atoms with Gasteiger partial charge in [0, 0.05) is 29.1 Å². The highest BCUT2D eigenvalue weighted by Crippen LogP contribution is 2.38. The molecule has 0 N–H and O–H groups in total. The van der Waals surface area contributed by atoms with Gasteiger partial charge in [-0.3, -0.25) is 9.59 Å². The molecule has 0 saturated carbocycles. The summed E-state index contributed by atoms with van der Waals surface area (Å²) in [4.78, 5) is 29.6. The second-order valence-corrected chi connectivity index (χ2v) is 6.55. The van der Waals surface area contributed by atoms with Gasteiger partial charge in [0.1, 0.15) is 5.70 Å². The predicted molar refractivity (Wildman–Crippen MR) is 97.3 cm³/mol. The van der Waals surface area contributed by atoms with Crippen LogP contribution in [-0.2, 0) is 0 Å². The number of hydrogen-bond acceptors (Lipinski definition) is 4. The van der Waals surface area contributed by atoms with Gasteiger partial charge in [0.05, 0.1) is 4.91 Å². The zero-order chi connectivity index (χ0) is 17.1. The van der Waals surface area contributed by atoms with E-state index >= 15 is 0 Å². The first-order valence-electron chi connectivity index (χ1n) is 8.07. The Morgan fingerprint density at radius 3 is 1.92 bits per heavy atom. The van der Waals surface area contributed by atoms with E-state index in [4.69, 9.17) is 0 Å². The van der Waals surface area contributed by atoms with Crippen molar-refractivity contribution in [3.63, 3.8) is 0 Å². The Hall–Kier alpha value is -2.33. The van der Waals surface area contributed by atoms with Gasteiger partial charge in [-0.2, -0.15) is 0 Å². The van der Waals surface area contributed by atoms with E-state index in [1.165, 1.54) is 11.8 Å². The summed E-state index contributed by atoms with van der Waals surface area (Å²) in [6.45, 7) is 5.37. The van der Waals surface area contributed by atoms with Crippen molar-refractivity contribution in [2.24, 2.45) is 0 Å². The summed E-state index contributed by atoms with van der Waals surface area (Å²) in [5.74, 6) is -0.131. The summed E-state index contributed by atoms with van der Waals surface area (Å²) in [5, 5.41) is 0. The Labute approximate surface area is 146 Å². The molecule has 2 aromatic carbocycles. The van der Waals surface area contributed by atoms with E-state index in [2.05, 4.69) is 0 Å². The summed E-state index contributed by atoms with van der Waals surface area (Å²) >= 11 is 1.37. The molecule has 0 bridgehead atoms. The number of Topliss-reactive ketones (excluding diaryl/α,β-unsaturated/α-hetero) is 2. The molecule has 0 aromatic heterocycles. The van der Waals surface area contributed by atoms with Crippen LogP contribution in [0.25, 0.3) is 0 Å². The quantitative estimate of drug-likeness (QED) is 0.810. The minimum absolute atomic E-state index is 0.0627. The smallest absolute Gasteiger partial charge is 0.211 e. The molecule has 0 radical (unpaired) electrons. The van der Waals surface area contributed by atoms with Crippen LogP contribution in [0.1, 0.15) is 34.6 Å². The highest BCUT2D eigenvalue weighted by Gasteiger charge is 2.34. The number of carbonyl (C=O) groups excluding carboxylic acids is 2. The molecule has 0 saturated heterocycles. The highest BCUT2D eigenvalue weighted by atomic mass is 32.2. The third kappa shape index (κ3) is 2.89. The molecule has 2 aromatic rings. The predicted octanol–water partition coefficient (Wildman–Crippen LogP) is 4.41. The maximum Gasteiger partial charge on any atom is 0.211 e. The van der Waals surface area contributed by atoms with Gasteiger partial charge in [0.15, 0.2) is 0 Å². The van der Waals surface area contributed by atoms with E-state index in [-0.39, 0.29) is 11.6 Å². The Bertz CT molecular complexity index is 807. The average molecular weight is 337 g/mol. The molecule has 3 nitrogen and oxygen atoms in total. The van der Waals surface area contributed by atoms with Gasteiger partial charge in [-0.15, -0.1) is 0 Å². The average Bonchev–Trinajstić information content (AvgIpc) is 2.63. The van der Waals surface area contributed by atoms with Crippen LogP contribution < -0.4 is 0 Å². The summed E-state index contributed by atoms with van der Waals surface area (Å²) in [6, 6.07) is 16.8. The fourth-order valence-electron chi connectivity index (χ4n) is 2.87. The van der Waals surface area contributed by atoms with Crippen molar-refractivity contribution in [3.05, 3.63) is 76.3 Å². The Morgan fingerprint density at radius 2 is 1.33 bits per heavy atom. The lowest BCUT2D eigenvalue weighted by Gasteiger charge is -2.29. The monoisotopic (exact) mass is 337 g/mol. The van der Waals surface area contributed by atoms with Crippen molar-refractivity contribution in [1.82, 2.24) is 4.90 Å². The van der Waals surface area contributed by atoms with E-state index < -0.39 is 0 Å². The second kappa shape index (κ2) is 7.05. The topological polar surface area (TPSA) is 37.4 Å². The largest absolute Gasteiger partial charge is 0.368 e. The van der Waals surface area contributed by atoms with Crippen LogP contribution in [-0.4, -0.2) is 29.6 Å². The van der Waals surface area contributed by atoms with E-state index in [9.17, 15) is 9.59 Å². The Balaban J connectivity index is 2.15.